The van der Waals surface area contributed by atoms with E-state index in [9.17, 15) is 4.79 Å². The number of ether oxygens (including phenoxy) is 1. The lowest BCUT2D eigenvalue weighted by atomic mass is 9.71. The largest absolute Gasteiger partial charge is 0.484 e. The Morgan fingerprint density at radius 2 is 1.91 bits per heavy atom. The Labute approximate surface area is 144 Å². The van der Waals surface area contributed by atoms with Crippen molar-refractivity contribution < 1.29 is 9.53 Å². The Morgan fingerprint density at radius 3 is 2.48 bits per heavy atom. The first kappa shape index (κ1) is 18.1. The molecule has 1 N–H and O–H groups in total. The zero-order chi connectivity index (χ0) is 17.0. The molecule has 1 aromatic carbocycles. The van der Waals surface area contributed by atoms with Crippen molar-refractivity contribution in [3.8, 4) is 5.75 Å². The lowest BCUT2D eigenvalue weighted by Crippen LogP contribution is -2.41. The highest BCUT2D eigenvalue weighted by molar-refractivity contribution is 6.31. The highest BCUT2D eigenvalue weighted by atomic mass is 35.5. The number of carbonyl (C=O) groups excluding carboxylic acids is 1. The SMILES string of the molecule is Cc1cc(OCC(=O)NC2CCC(C(C)(C)C)CC2)ccc1Cl. The first-order chi connectivity index (χ1) is 10.8. The topological polar surface area (TPSA) is 38.3 Å². The lowest BCUT2D eigenvalue weighted by Gasteiger charge is -2.37. The normalized spacial score (nSPS) is 21.8. The van der Waals surface area contributed by atoms with Crippen molar-refractivity contribution in [1.29, 1.82) is 0 Å². The summed E-state index contributed by atoms with van der Waals surface area (Å²) in [6.07, 6.45) is 4.50. The van der Waals surface area contributed by atoms with Crippen LogP contribution in [0.3, 0.4) is 0 Å². The molecule has 0 spiro atoms. The molecule has 128 valence electrons. The van der Waals surface area contributed by atoms with E-state index in [1.807, 2.05) is 13.0 Å². The lowest BCUT2D eigenvalue weighted by molar-refractivity contribution is -0.124. The molecule has 0 heterocycles. The molecule has 0 bridgehead atoms. The third-order valence-corrected chi connectivity index (χ3v) is 5.24. The Balaban J connectivity index is 1.74. The molecule has 1 aliphatic carbocycles. The van der Waals surface area contributed by atoms with Crippen LogP contribution in [-0.2, 0) is 4.79 Å². The Kier molecular flexibility index (Phi) is 5.96. The van der Waals surface area contributed by atoms with Gasteiger partial charge in [-0.05, 0) is 67.7 Å². The fraction of sp³-hybridized carbons (Fsp3) is 0.632. The molecule has 1 amide bonds. The van der Waals surface area contributed by atoms with Gasteiger partial charge in [0.05, 0.1) is 0 Å². The minimum absolute atomic E-state index is 0.0446. The number of amides is 1. The summed E-state index contributed by atoms with van der Waals surface area (Å²) in [6, 6.07) is 5.72. The Bertz CT molecular complexity index is 543. The van der Waals surface area contributed by atoms with Crippen molar-refractivity contribution in [3.63, 3.8) is 0 Å². The minimum atomic E-state index is -0.0446. The van der Waals surface area contributed by atoms with E-state index in [4.69, 9.17) is 16.3 Å². The predicted octanol–water partition coefficient (Wildman–Crippen LogP) is 4.75. The molecule has 0 radical (unpaired) electrons. The number of aryl methyl sites for hydroxylation is 1. The molecule has 0 aromatic heterocycles. The van der Waals surface area contributed by atoms with Crippen LogP contribution in [0.4, 0.5) is 0 Å². The van der Waals surface area contributed by atoms with Crippen LogP contribution in [0.1, 0.15) is 52.0 Å². The van der Waals surface area contributed by atoms with Gasteiger partial charge in [-0.2, -0.15) is 0 Å². The molecule has 23 heavy (non-hydrogen) atoms. The highest BCUT2D eigenvalue weighted by Gasteiger charge is 2.30. The fourth-order valence-corrected chi connectivity index (χ4v) is 3.35. The van der Waals surface area contributed by atoms with Gasteiger partial charge < -0.3 is 10.1 Å². The van der Waals surface area contributed by atoms with Crippen LogP contribution in [0.2, 0.25) is 5.02 Å². The Hall–Kier alpha value is -1.22. The van der Waals surface area contributed by atoms with Gasteiger partial charge in [-0.15, -0.1) is 0 Å². The van der Waals surface area contributed by atoms with E-state index >= 15 is 0 Å². The highest BCUT2D eigenvalue weighted by Crippen LogP contribution is 2.37. The number of hydrogen-bond donors (Lipinski definition) is 1. The first-order valence-electron chi connectivity index (χ1n) is 8.44. The van der Waals surface area contributed by atoms with Gasteiger partial charge in [0.2, 0.25) is 0 Å². The maximum absolute atomic E-state index is 12.1. The summed E-state index contributed by atoms with van der Waals surface area (Å²) in [5.41, 5.74) is 1.31. The molecule has 0 aliphatic heterocycles. The average Bonchev–Trinajstić information content (AvgIpc) is 2.48. The monoisotopic (exact) mass is 337 g/mol. The van der Waals surface area contributed by atoms with Crippen LogP contribution < -0.4 is 10.1 Å². The minimum Gasteiger partial charge on any atom is -0.484 e. The van der Waals surface area contributed by atoms with E-state index in [0.29, 0.717) is 16.2 Å². The van der Waals surface area contributed by atoms with Gasteiger partial charge in [0.25, 0.3) is 5.91 Å². The molecule has 1 aliphatic rings. The standard InChI is InChI=1S/C19H28ClNO2/c1-13-11-16(9-10-17(13)20)23-12-18(22)21-15-7-5-14(6-8-15)19(2,3)4/h9-11,14-15H,5-8,12H2,1-4H3,(H,21,22). The number of carbonyl (C=O) groups is 1. The number of hydrogen-bond acceptors (Lipinski definition) is 2. The second-order valence-electron chi connectivity index (χ2n) is 7.68. The van der Waals surface area contributed by atoms with Crippen LogP contribution in [-0.4, -0.2) is 18.6 Å². The quantitative estimate of drug-likeness (QED) is 0.861. The van der Waals surface area contributed by atoms with E-state index in [1.165, 1.54) is 12.8 Å². The summed E-state index contributed by atoms with van der Waals surface area (Å²) >= 11 is 5.98. The molecule has 0 unspecified atom stereocenters. The maximum atomic E-state index is 12.1. The zero-order valence-electron chi connectivity index (χ0n) is 14.6. The molecular weight excluding hydrogens is 310 g/mol. The van der Waals surface area contributed by atoms with Gasteiger partial charge in [-0.3, -0.25) is 4.79 Å². The van der Waals surface area contributed by atoms with Crippen molar-refractivity contribution in [3.05, 3.63) is 28.8 Å². The van der Waals surface area contributed by atoms with Crippen LogP contribution in [0, 0.1) is 18.3 Å². The smallest absolute Gasteiger partial charge is 0.258 e. The van der Waals surface area contributed by atoms with E-state index in [-0.39, 0.29) is 18.6 Å². The second-order valence-corrected chi connectivity index (χ2v) is 8.09. The van der Waals surface area contributed by atoms with Gasteiger partial charge in [-0.1, -0.05) is 32.4 Å². The van der Waals surface area contributed by atoms with Crippen LogP contribution in [0.25, 0.3) is 0 Å². The predicted molar refractivity (Wildman–Crippen MR) is 95.0 cm³/mol. The molecule has 1 saturated carbocycles. The van der Waals surface area contributed by atoms with Crippen LogP contribution >= 0.6 is 11.6 Å². The maximum Gasteiger partial charge on any atom is 0.258 e. The first-order valence-corrected chi connectivity index (χ1v) is 8.82. The van der Waals surface area contributed by atoms with Gasteiger partial charge in [0, 0.05) is 11.1 Å². The number of nitrogens with one attached hydrogen (secondary N) is 1. The number of benzene rings is 1. The van der Waals surface area contributed by atoms with Crippen molar-refractivity contribution >= 4 is 17.5 Å². The van der Waals surface area contributed by atoms with Gasteiger partial charge in [-0.25, -0.2) is 0 Å². The summed E-state index contributed by atoms with van der Waals surface area (Å²) in [5, 5.41) is 3.80. The summed E-state index contributed by atoms with van der Waals surface area (Å²) in [4.78, 5) is 12.1. The molecule has 0 atom stereocenters. The van der Waals surface area contributed by atoms with E-state index in [0.717, 1.165) is 24.3 Å². The van der Waals surface area contributed by atoms with Crippen molar-refractivity contribution in [2.45, 2.75) is 59.4 Å². The van der Waals surface area contributed by atoms with E-state index in [2.05, 4.69) is 26.1 Å². The molecule has 1 fully saturated rings. The van der Waals surface area contributed by atoms with Crippen LogP contribution in [0.5, 0.6) is 5.75 Å². The third kappa shape index (κ3) is 5.42. The summed E-state index contributed by atoms with van der Waals surface area (Å²) in [7, 11) is 0. The number of rotatable bonds is 4. The van der Waals surface area contributed by atoms with E-state index < -0.39 is 0 Å². The van der Waals surface area contributed by atoms with E-state index in [1.54, 1.807) is 12.1 Å². The van der Waals surface area contributed by atoms with Gasteiger partial charge in [0.1, 0.15) is 5.75 Å². The fourth-order valence-electron chi connectivity index (χ4n) is 3.23. The summed E-state index contributed by atoms with van der Waals surface area (Å²) in [5.74, 6) is 1.39. The third-order valence-electron chi connectivity index (χ3n) is 4.82. The van der Waals surface area contributed by atoms with Crippen molar-refractivity contribution in [1.82, 2.24) is 5.32 Å². The molecule has 2 rings (SSSR count). The van der Waals surface area contributed by atoms with Crippen molar-refractivity contribution in [2.75, 3.05) is 6.61 Å². The average molecular weight is 338 g/mol. The zero-order valence-corrected chi connectivity index (χ0v) is 15.4. The molecule has 1 aromatic rings. The molecule has 4 heteroatoms. The second kappa shape index (κ2) is 7.57. The van der Waals surface area contributed by atoms with Crippen molar-refractivity contribution in [2.24, 2.45) is 11.3 Å². The molecule has 0 saturated heterocycles. The summed E-state index contributed by atoms with van der Waals surface area (Å²) in [6.45, 7) is 8.89. The van der Waals surface area contributed by atoms with Gasteiger partial charge >= 0.3 is 0 Å². The summed E-state index contributed by atoms with van der Waals surface area (Å²) < 4.78 is 5.55. The number of halogens is 1. The molecular formula is C19H28ClNO2. The van der Waals surface area contributed by atoms with Crippen LogP contribution in [0.15, 0.2) is 18.2 Å². The molecule has 3 nitrogen and oxygen atoms in total. The van der Waals surface area contributed by atoms with Gasteiger partial charge in [0.15, 0.2) is 6.61 Å². The Morgan fingerprint density at radius 1 is 1.26 bits per heavy atom.